The molecule has 6 heteroatoms. The van der Waals surface area contributed by atoms with Crippen molar-refractivity contribution in [2.24, 2.45) is 11.7 Å². The van der Waals surface area contributed by atoms with Crippen molar-refractivity contribution in [2.75, 3.05) is 19.6 Å². The Morgan fingerprint density at radius 3 is 2.73 bits per heavy atom. The minimum atomic E-state index is -0.248. The van der Waals surface area contributed by atoms with E-state index in [1.54, 1.807) is 18.3 Å². The second-order valence-electron chi connectivity index (χ2n) is 5.53. The normalized spacial score (nSPS) is 17.7. The van der Waals surface area contributed by atoms with Gasteiger partial charge in [0.1, 0.15) is 0 Å². The summed E-state index contributed by atoms with van der Waals surface area (Å²) in [5, 5.41) is 0. The Bertz CT molecular complexity index is 723. The number of likely N-dealkylation sites (tertiary alicyclic amines) is 1. The van der Waals surface area contributed by atoms with E-state index in [4.69, 9.17) is 5.73 Å². The lowest BCUT2D eigenvalue weighted by Gasteiger charge is -2.16. The zero-order valence-electron chi connectivity index (χ0n) is 12.2. The van der Waals surface area contributed by atoms with Gasteiger partial charge >= 0.3 is 0 Å². The fourth-order valence-corrected chi connectivity index (χ4v) is 2.71. The van der Waals surface area contributed by atoms with E-state index in [-0.39, 0.29) is 11.5 Å². The maximum absolute atomic E-state index is 12.4. The molecule has 114 valence electrons. The van der Waals surface area contributed by atoms with E-state index in [9.17, 15) is 9.59 Å². The molecule has 0 spiro atoms. The zero-order chi connectivity index (χ0) is 15.5. The summed E-state index contributed by atoms with van der Waals surface area (Å²) in [4.78, 5) is 32.1. The first-order valence-corrected chi connectivity index (χ1v) is 7.31. The van der Waals surface area contributed by atoms with Crippen LogP contribution in [-0.4, -0.2) is 40.4 Å². The molecule has 0 bridgehead atoms. The SMILES string of the molecule is NCC1CCN(C(=O)c2ccc(-c3cncc(=O)[nH]3)cc2)C1. The van der Waals surface area contributed by atoms with Crippen molar-refractivity contribution in [3.05, 3.63) is 52.6 Å². The Morgan fingerprint density at radius 2 is 2.09 bits per heavy atom. The van der Waals surface area contributed by atoms with Gasteiger partial charge in [-0.05, 0) is 36.6 Å². The van der Waals surface area contributed by atoms with Crippen LogP contribution in [-0.2, 0) is 0 Å². The van der Waals surface area contributed by atoms with Crippen LogP contribution in [0.2, 0.25) is 0 Å². The van der Waals surface area contributed by atoms with E-state index in [0.717, 1.165) is 25.1 Å². The van der Waals surface area contributed by atoms with E-state index in [2.05, 4.69) is 9.97 Å². The third kappa shape index (κ3) is 2.92. The summed E-state index contributed by atoms with van der Waals surface area (Å²) in [6.07, 6.45) is 3.78. The van der Waals surface area contributed by atoms with Gasteiger partial charge in [-0.25, -0.2) is 0 Å². The monoisotopic (exact) mass is 298 g/mol. The number of benzene rings is 1. The number of rotatable bonds is 3. The second-order valence-corrected chi connectivity index (χ2v) is 5.53. The van der Waals surface area contributed by atoms with Gasteiger partial charge in [0.25, 0.3) is 11.5 Å². The summed E-state index contributed by atoms with van der Waals surface area (Å²) in [7, 11) is 0. The predicted octanol–water partition coefficient (Wildman–Crippen LogP) is 0.858. The molecule has 1 aromatic heterocycles. The molecule has 1 aromatic carbocycles. The molecule has 1 amide bonds. The molecule has 1 atom stereocenters. The van der Waals surface area contributed by atoms with E-state index in [1.807, 2.05) is 17.0 Å². The van der Waals surface area contributed by atoms with Crippen LogP contribution in [0.4, 0.5) is 0 Å². The molecule has 3 rings (SSSR count). The molecule has 0 radical (unpaired) electrons. The molecule has 1 aliphatic rings. The van der Waals surface area contributed by atoms with Crippen LogP contribution in [0.1, 0.15) is 16.8 Å². The van der Waals surface area contributed by atoms with Crippen LogP contribution in [0, 0.1) is 5.92 Å². The lowest BCUT2D eigenvalue weighted by molar-refractivity contribution is 0.0787. The first kappa shape index (κ1) is 14.5. The largest absolute Gasteiger partial charge is 0.338 e. The van der Waals surface area contributed by atoms with Crippen molar-refractivity contribution in [3.8, 4) is 11.3 Å². The highest BCUT2D eigenvalue weighted by Crippen LogP contribution is 2.20. The Kier molecular flexibility index (Phi) is 4.02. The molecular formula is C16H18N4O2. The second kappa shape index (κ2) is 6.11. The standard InChI is InChI=1S/C16H18N4O2/c17-7-11-5-6-20(10-11)16(22)13-3-1-12(2-4-13)14-8-18-9-15(21)19-14/h1-4,8-9,11H,5-7,10,17H2,(H,19,21). The number of nitrogens with one attached hydrogen (secondary N) is 1. The molecule has 1 unspecified atom stereocenters. The first-order valence-electron chi connectivity index (χ1n) is 7.31. The van der Waals surface area contributed by atoms with Crippen LogP contribution >= 0.6 is 0 Å². The molecule has 2 heterocycles. The van der Waals surface area contributed by atoms with Crippen LogP contribution in [0.3, 0.4) is 0 Å². The molecule has 22 heavy (non-hydrogen) atoms. The number of hydrogen-bond acceptors (Lipinski definition) is 4. The van der Waals surface area contributed by atoms with Crippen LogP contribution in [0.15, 0.2) is 41.5 Å². The third-order valence-corrected chi connectivity index (χ3v) is 4.00. The number of nitrogens with zero attached hydrogens (tertiary/aromatic N) is 2. The summed E-state index contributed by atoms with van der Waals surface area (Å²) >= 11 is 0. The van der Waals surface area contributed by atoms with Crippen molar-refractivity contribution < 1.29 is 4.79 Å². The fourth-order valence-electron chi connectivity index (χ4n) is 2.71. The number of carbonyl (C=O) groups is 1. The Morgan fingerprint density at radius 1 is 1.32 bits per heavy atom. The lowest BCUT2D eigenvalue weighted by atomic mass is 10.1. The maximum atomic E-state index is 12.4. The van der Waals surface area contributed by atoms with Gasteiger partial charge in [-0.1, -0.05) is 12.1 Å². The van der Waals surface area contributed by atoms with Crippen molar-refractivity contribution in [3.63, 3.8) is 0 Å². The van der Waals surface area contributed by atoms with Gasteiger partial charge < -0.3 is 15.6 Å². The Hall–Kier alpha value is -2.47. The highest BCUT2D eigenvalue weighted by atomic mass is 16.2. The third-order valence-electron chi connectivity index (χ3n) is 4.00. The van der Waals surface area contributed by atoms with Crippen LogP contribution in [0.25, 0.3) is 11.3 Å². The molecule has 0 saturated carbocycles. The minimum absolute atomic E-state index is 0.0298. The Balaban J connectivity index is 1.77. The van der Waals surface area contributed by atoms with Gasteiger partial charge in [0.05, 0.1) is 18.1 Å². The Labute approximate surface area is 128 Å². The van der Waals surface area contributed by atoms with Crippen molar-refractivity contribution >= 4 is 5.91 Å². The zero-order valence-corrected chi connectivity index (χ0v) is 12.2. The quantitative estimate of drug-likeness (QED) is 0.879. The summed E-state index contributed by atoms with van der Waals surface area (Å²) in [6.45, 7) is 2.11. The summed E-state index contributed by atoms with van der Waals surface area (Å²) < 4.78 is 0. The number of aromatic nitrogens is 2. The molecule has 1 saturated heterocycles. The average molecular weight is 298 g/mol. The van der Waals surface area contributed by atoms with E-state index >= 15 is 0 Å². The van der Waals surface area contributed by atoms with Gasteiger partial charge in [0.2, 0.25) is 0 Å². The average Bonchev–Trinajstić information content (AvgIpc) is 3.03. The van der Waals surface area contributed by atoms with E-state index in [0.29, 0.717) is 23.7 Å². The fraction of sp³-hybridized carbons (Fsp3) is 0.312. The number of nitrogens with two attached hydrogens (primary N) is 1. The predicted molar refractivity (Wildman–Crippen MR) is 83.4 cm³/mol. The molecular weight excluding hydrogens is 280 g/mol. The van der Waals surface area contributed by atoms with Crippen LogP contribution in [0.5, 0.6) is 0 Å². The molecule has 2 aromatic rings. The van der Waals surface area contributed by atoms with E-state index in [1.165, 1.54) is 6.20 Å². The first-order chi connectivity index (χ1) is 10.7. The minimum Gasteiger partial charge on any atom is -0.338 e. The summed E-state index contributed by atoms with van der Waals surface area (Å²) in [5.74, 6) is 0.436. The van der Waals surface area contributed by atoms with Crippen molar-refractivity contribution in [2.45, 2.75) is 6.42 Å². The smallest absolute Gasteiger partial charge is 0.266 e. The summed E-state index contributed by atoms with van der Waals surface area (Å²) in [5.41, 5.74) is 7.51. The van der Waals surface area contributed by atoms with Crippen molar-refractivity contribution in [1.82, 2.24) is 14.9 Å². The highest BCUT2D eigenvalue weighted by Gasteiger charge is 2.25. The molecule has 1 fully saturated rings. The highest BCUT2D eigenvalue weighted by molar-refractivity contribution is 5.94. The van der Waals surface area contributed by atoms with Crippen LogP contribution < -0.4 is 11.3 Å². The molecule has 3 N–H and O–H groups in total. The van der Waals surface area contributed by atoms with Gasteiger partial charge in [0.15, 0.2) is 0 Å². The number of carbonyl (C=O) groups excluding carboxylic acids is 1. The van der Waals surface area contributed by atoms with E-state index < -0.39 is 0 Å². The summed E-state index contributed by atoms with van der Waals surface area (Å²) in [6, 6.07) is 7.19. The number of aromatic amines is 1. The van der Waals surface area contributed by atoms with Gasteiger partial charge in [-0.15, -0.1) is 0 Å². The van der Waals surface area contributed by atoms with Gasteiger partial charge in [-0.2, -0.15) is 0 Å². The number of hydrogen-bond donors (Lipinski definition) is 2. The lowest BCUT2D eigenvalue weighted by Crippen LogP contribution is -2.29. The van der Waals surface area contributed by atoms with Crippen molar-refractivity contribution in [1.29, 1.82) is 0 Å². The van der Waals surface area contributed by atoms with Gasteiger partial charge in [-0.3, -0.25) is 14.6 Å². The molecule has 0 aliphatic carbocycles. The number of H-pyrrole nitrogens is 1. The number of amides is 1. The molecule has 1 aliphatic heterocycles. The topological polar surface area (TPSA) is 92.1 Å². The van der Waals surface area contributed by atoms with Gasteiger partial charge in [0, 0.05) is 18.7 Å². The maximum Gasteiger partial charge on any atom is 0.266 e. The molecule has 6 nitrogen and oxygen atoms in total.